The molecule has 1 aliphatic heterocycles. The first-order chi connectivity index (χ1) is 9.22. The highest BCUT2D eigenvalue weighted by atomic mass is 16.2. The zero-order valence-electron chi connectivity index (χ0n) is 10.7. The van der Waals surface area contributed by atoms with Crippen LogP contribution in [-0.2, 0) is 24.3 Å². The molecule has 0 saturated heterocycles. The molecule has 0 aliphatic carbocycles. The molecule has 3 nitrogen and oxygen atoms in total. The number of rotatable bonds is 2. The minimum atomic E-state index is 0.168. The Morgan fingerprint density at radius 3 is 2.16 bits per heavy atom. The number of nitrogen functional groups attached to an aromatic ring is 1. The summed E-state index contributed by atoms with van der Waals surface area (Å²) in [6.07, 6.45) is 0.439. The second-order valence-corrected chi connectivity index (χ2v) is 4.94. The molecule has 0 fully saturated rings. The summed E-state index contributed by atoms with van der Waals surface area (Å²) in [6, 6.07) is 15.7. The fourth-order valence-electron chi connectivity index (χ4n) is 2.43. The van der Waals surface area contributed by atoms with Crippen molar-refractivity contribution in [1.82, 2.24) is 4.90 Å². The Kier molecular flexibility index (Phi) is 2.95. The highest BCUT2D eigenvalue weighted by Crippen LogP contribution is 2.23. The van der Waals surface area contributed by atoms with Gasteiger partial charge in [0.2, 0.25) is 5.91 Å². The number of hydrogen-bond donors (Lipinski definition) is 1. The third kappa shape index (κ3) is 2.45. The molecule has 2 aromatic rings. The van der Waals surface area contributed by atoms with Crippen LogP contribution in [0.5, 0.6) is 0 Å². The van der Waals surface area contributed by atoms with Crippen molar-refractivity contribution in [2.45, 2.75) is 19.5 Å². The predicted octanol–water partition coefficient (Wildman–Crippen LogP) is 2.35. The predicted molar refractivity (Wildman–Crippen MR) is 75.3 cm³/mol. The van der Waals surface area contributed by atoms with Crippen molar-refractivity contribution in [1.29, 1.82) is 0 Å². The summed E-state index contributed by atoms with van der Waals surface area (Å²) in [6.45, 7) is 1.45. The lowest BCUT2D eigenvalue weighted by atomic mass is 10.1. The number of amides is 1. The van der Waals surface area contributed by atoms with Crippen LogP contribution in [0.25, 0.3) is 0 Å². The molecule has 0 bridgehead atoms. The first kappa shape index (κ1) is 11.8. The summed E-state index contributed by atoms with van der Waals surface area (Å²) in [5, 5.41) is 0. The van der Waals surface area contributed by atoms with Gasteiger partial charge in [-0.2, -0.15) is 0 Å². The Labute approximate surface area is 112 Å². The molecule has 19 heavy (non-hydrogen) atoms. The van der Waals surface area contributed by atoms with Crippen LogP contribution in [0.15, 0.2) is 48.5 Å². The topological polar surface area (TPSA) is 46.3 Å². The van der Waals surface area contributed by atoms with E-state index in [9.17, 15) is 4.79 Å². The molecule has 0 aromatic heterocycles. The normalized spacial score (nSPS) is 13.4. The molecule has 1 amide bonds. The highest BCUT2D eigenvalue weighted by molar-refractivity contribution is 5.79. The number of hydrogen-bond acceptors (Lipinski definition) is 2. The average Bonchev–Trinajstić information content (AvgIpc) is 2.85. The first-order valence-electron chi connectivity index (χ1n) is 6.41. The van der Waals surface area contributed by atoms with E-state index >= 15 is 0 Å². The molecule has 0 atom stereocenters. The molecular formula is C16H16N2O. The van der Waals surface area contributed by atoms with Gasteiger partial charge >= 0.3 is 0 Å². The second kappa shape index (κ2) is 4.76. The van der Waals surface area contributed by atoms with Gasteiger partial charge in [0, 0.05) is 18.8 Å². The van der Waals surface area contributed by atoms with E-state index in [1.165, 1.54) is 11.1 Å². The SMILES string of the molecule is Nc1ccc(CC(=O)N2Cc3ccccc3C2)cc1. The summed E-state index contributed by atoms with van der Waals surface area (Å²) in [4.78, 5) is 14.2. The molecule has 2 N–H and O–H groups in total. The number of anilines is 1. The highest BCUT2D eigenvalue weighted by Gasteiger charge is 2.22. The molecule has 1 aliphatic rings. The van der Waals surface area contributed by atoms with E-state index in [0.717, 1.165) is 24.3 Å². The van der Waals surface area contributed by atoms with Crippen molar-refractivity contribution in [2.75, 3.05) is 5.73 Å². The van der Waals surface area contributed by atoms with E-state index in [0.29, 0.717) is 6.42 Å². The number of fused-ring (bicyclic) bond motifs is 1. The van der Waals surface area contributed by atoms with Gasteiger partial charge in [-0.1, -0.05) is 36.4 Å². The maximum Gasteiger partial charge on any atom is 0.227 e. The van der Waals surface area contributed by atoms with Crippen LogP contribution in [0.1, 0.15) is 16.7 Å². The van der Waals surface area contributed by atoms with Crippen LogP contribution < -0.4 is 5.73 Å². The van der Waals surface area contributed by atoms with Crippen LogP contribution in [0.4, 0.5) is 5.69 Å². The summed E-state index contributed by atoms with van der Waals surface area (Å²) in [5.41, 5.74) is 9.89. The quantitative estimate of drug-likeness (QED) is 0.834. The van der Waals surface area contributed by atoms with Crippen molar-refractivity contribution < 1.29 is 4.79 Å². The van der Waals surface area contributed by atoms with Gasteiger partial charge in [-0.25, -0.2) is 0 Å². The smallest absolute Gasteiger partial charge is 0.227 e. The Morgan fingerprint density at radius 1 is 1.00 bits per heavy atom. The van der Waals surface area contributed by atoms with Crippen molar-refractivity contribution in [3.05, 3.63) is 65.2 Å². The Balaban J connectivity index is 1.68. The van der Waals surface area contributed by atoms with Crippen molar-refractivity contribution in [2.24, 2.45) is 0 Å². The minimum Gasteiger partial charge on any atom is -0.399 e. The number of nitrogens with two attached hydrogens (primary N) is 1. The molecule has 3 rings (SSSR count). The molecule has 0 spiro atoms. The van der Waals surface area contributed by atoms with Gasteiger partial charge in [-0.3, -0.25) is 4.79 Å². The van der Waals surface area contributed by atoms with Crippen LogP contribution in [-0.4, -0.2) is 10.8 Å². The van der Waals surface area contributed by atoms with Crippen LogP contribution in [0.3, 0.4) is 0 Å². The van der Waals surface area contributed by atoms with E-state index in [1.54, 1.807) is 0 Å². The Hall–Kier alpha value is -2.29. The van der Waals surface area contributed by atoms with Crippen molar-refractivity contribution in [3.63, 3.8) is 0 Å². The Morgan fingerprint density at radius 2 is 1.58 bits per heavy atom. The van der Waals surface area contributed by atoms with E-state index < -0.39 is 0 Å². The summed E-state index contributed by atoms with van der Waals surface area (Å²) in [5.74, 6) is 0.168. The third-order valence-electron chi connectivity index (χ3n) is 3.53. The summed E-state index contributed by atoms with van der Waals surface area (Å²) < 4.78 is 0. The zero-order valence-corrected chi connectivity index (χ0v) is 10.7. The first-order valence-corrected chi connectivity index (χ1v) is 6.41. The van der Waals surface area contributed by atoms with Gasteiger partial charge in [-0.05, 0) is 28.8 Å². The molecule has 0 unspecified atom stereocenters. The largest absolute Gasteiger partial charge is 0.399 e. The second-order valence-electron chi connectivity index (χ2n) is 4.94. The lowest BCUT2D eigenvalue weighted by molar-refractivity contribution is -0.131. The van der Waals surface area contributed by atoms with Gasteiger partial charge in [0.05, 0.1) is 6.42 Å². The third-order valence-corrected chi connectivity index (χ3v) is 3.53. The van der Waals surface area contributed by atoms with E-state index in [-0.39, 0.29) is 5.91 Å². The van der Waals surface area contributed by atoms with Gasteiger partial charge < -0.3 is 10.6 Å². The number of carbonyl (C=O) groups is 1. The molecule has 0 radical (unpaired) electrons. The standard InChI is InChI=1S/C16H16N2O/c17-15-7-5-12(6-8-15)9-16(19)18-10-13-3-1-2-4-14(13)11-18/h1-8H,9-11,17H2. The minimum absolute atomic E-state index is 0.168. The maximum absolute atomic E-state index is 12.3. The van der Waals surface area contributed by atoms with Crippen LogP contribution >= 0.6 is 0 Å². The molecule has 3 heteroatoms. The van der Waals surface area contributed by atoms with Crippen molar-refractivity contribution >= 4 is 11.6 Å². The molecule has 1 heterocycles. The van der Waals surface area contributed by atoms with E-state index in [1.807, 2.05) is 41.3 Å². The molecular weight excluding hydrogens is 236 g/mol. The summed E-state index contributed by atoms with van der Waals surface area (Å²) >= 11 is 0. The Bertz CT molecular complexity index is 579. The molecule has 2 aromatic carbocycles. The summed E-state index contributed by atoms with van der Waals surface area (Å²) in [7, 11) is 0. The fourth-order valence-corrected chi connectivity index (χ4v) is 2.43. The lowest BCUT2D eigenvalue weighted by Gasteiger charge is -2.15. The maximum atomic E-state index is 12.3. The van der Waals surface area contributed by atoms with E-state index in [4.69, 9.17) is 5.73 Å². The fraction of sp³-hybridized carbons (Fsp3) is 0.188. The van der Waals surface area contributed by atoms with Gasteiger partial charge in [-0.15, -0.1) is 0 Å². The average molecular weight is 252 g/mol. The van der Waals surface area contributed by atoms with Gasteiger partial charge in [0.1, 0.15) is 0 Å². The molecule has 96 valence electrons. The van der Waals surface area contributed by atoms with Gasteiger partial charge in [0.15, 0.2) is 0 Å². The molecule has 0 saturated carbocycles. The number of benzene rings is 2. The number of nitrogens with zero attached hydrogens (tertiary/aromatic N) is 1. The zero-order chi connectivity index (χ0) is 13.2. The monoisotopic (exact) mass is 252 g/mol. The van der Waals surface area contributed by atoms with Crippen LogP contribution in [0, 0.1) is 0 Å². The van der Waals surface area contributed by atoms with E-state index in [2.05, 4.69) is 12.1 Å². The number of carbonyl (C=O) groups excluding carboxylic acids is 1. The lowest BCUT2D eigenvalue weighted by Crippen LogP contribution is -2.26. The van der Waals surface area contributed by atoms with Gasteiger partial charge in [0.25, 0.3) is 0 Å². The van der Waals surface area contributed by atoms with Crippen molar-refractivity contribution in [3.8, 4) is 0 Å². The van der Waals surface area contributed by atoms with Crippen LogP contribution in [0.2, 0.25) is 0 Å².